The van der Waals surface area contributed by atoms with Gasteiger partial charge >= 0.3 is 6.18 Å². The monoisotopic (exact) mass is 451 g/mol. The molecule has 2 aliphatic heterocycles. The lowest BCUT2D eigenvalue weighted by atomic mass is 10.1. The highest BCUT2D eigenvalue weighted by Gasteiger charge is 2.37. The maximum Gasteiger partial charge on any atom is 0.433 e. The van der Waals surface area contributed by atoms with Gasteiger partial charge in [-0.1, -0.05) is 6.07 Å². The first-order valence-corrected chi connectivity index (χ1v) is 9.73. The molecule has 0 spiro atoms. The lowest BCUT2D eigenvalue weighted by molar-refractivity contribution is -0.0587. The van der Waals surface area contributed by atoms with Gasteiger partial charge in [-0.15, -0.1) is 11.3 Å². The van der Waals surface area contributed by atoms with Crippen molar-refractivity contribution >= 4 is 22.0 Å². The molecule has 0 bridgehead atoms. The summed E-state index contributed by atoms with van der Waals surface area (Å²) in [5.41, 5.74) is -0.793. The molecular weight excluding hydrogens is 437 g/mol. The second-order valence-corrected chi connectivity index (χ2v) is 7.75. The third-order valence-corrected chi connectivity index (χ3v) is 5.66. The zero-order valence-electron chi connectivity index (χ0n) is 15.9. The minimum absolute atomic E-state index is 0.0410. The summed E-state index contributed by atoms with van der Waals surface area (Å²) in [7, 11) is 1.49. The Morgan fingerprint density at radius 3 is 2.61 bits per heavy atom. The molecule has 1 aromatic carbocycles. The lowest BCUT2D eigenvalue weighted by Crippen LogP contribution is -2.23. The fraction of sp³-hybridized carbons (Fsp3) is 0.150. The quantitative estimate of drug-likeness (QED) is 0.315. The third kappa shape index (κ3) is 4.00. The van der Waals surface area contributed by atoms with Crippen LogP contribution in [0.4, 0.5) is 27.0 Å². The van der Waals surface area contributed by atoms with E-state index in [2.05, 4.69) is 15.3 Å². The molecule has 3 heterocycles. The van der Waals surface area contributed by atoms with Crippen LogP contribution < -0.4 is 5.32 Å². The largest absolute Gasteiger partial charge is 0.433 e. The first-order valence-electron chi connectivity index (χ1n) is 8.92. The van der Waals surface area contributed by atoms with Crippen LogP contribution in [0.15, 0.2) is 42.7 Å². The molecule has 0 saturated carbocycles. The molecule has 1 aromatic heterocycles. The minimum atomic E-state index is -4.75. The van der Waals surface area contributed by atoms with E-state index in [0.717, 1.165) is 17.4 Å². The Balaban J connectivity index is 1.65. The number of benzene rings is 1. The van der Waals surface area contributed by atoms with Crippen molar-refractivity contribution in [1.82, 2.24) is 14.5 Å². The number of pyridine rings is 1. The van der Waals surface area contributed by atoms with Crippen LogP contribution in [0.2, 0.25) is 0 Å². The summed E-state index contributed by atoms with van der Waals surface area (Å²) in [5, 5.41) is 10.3. The molecule has 2 N–H and O–H groups in total. The van der Waals surface area contributed by atoms with Crippen molar-refractivity contribution in [3.05, 3.63) is 64.8 Å². The third-order valence-electron chi connectivity index (χ3n) is 4.52. The molecule has 5 nitrogen and oxygen atoms in total. The number of thiophene rings is 1. The van der Waals surface area contributed by atoms with E-state index >= 15 is 0 Å². The Labute approximate surface area is 177 Å². The van der Waals surface area contributed by atoms with Crippen LogP contribution in [0.5, 0.6) is 0 Å². The molecule has 0 radical (unpaired) electrons. The average molecular weight is 451 g/mol. The summed E-state index contributed by atoms with van der Waals surface area (Å²) in [5.74, 6) is -2.00. The zero-order chi connectivity index (χ0) is 22.3. The van der Waals surface area contributed by atoms with Crippen molar-refractivity contribution in [2.75, 3.05) is 12.4 Å². The van der Waals surface area contributed by atoms with Gasteiger partial charge in [-0.2, -0.15) is 13.2 Å². The van der Waals surface area contributed by atoms with E-state index in [9.17, 15) is 22.0 Å². The van der Waals surface area contributed by atoms with Gasteiger partial charge < -0.3 is 9.88 Å². The number of hydrogen-bond acceptors (Lipinski definition) is 5. The van der Waals surface area contributed by atoms with Crippen molar-refractivity contribution in [3.63, 3.8) is 0 Å². The van der Waals surface area contributed by atoms with Crippen molar-refractivity contribution in [2.45, 2.75) is 12.7 Å². The van der Waals surface area contributed by atoms with Crippen LogP contribution in [-0.4, -0.2) is 33.5 Å². The van der Waals surface area contributed by atoms with Crippen molar-refractivity contribution in [1.29, 1.82) is 5.41 Å². The Morgan fingerprint density at radius 1 is 1.16 bits per heavy atom. The van der Waals surface area contributed by atoms with Crippen molar-refractivity contribution < 1.29 is 22.0 Å². The number of nitrogens with zero attached hydrogens (tertiary/aromatic N) is 3. The SMILES string of the molecule is CNc1sc(Cn2ccc3nc(-c4cccc(F)c4F)nc-3c2)cc1C(=N)C(F)(F)F. The van der Waals surface area contributed by atoms with Crippen LogP contribution in [0.1, 0.15) is 10.4 Å². The molecule has 31 heavy (non-hydrogen) atoms. The van der Waals surface area contributed by atoms with Crippen molar-refractivity contribution in [2.24, 2.45) is 0 Å². The van der Waals surface area contributed by atoms with Gasteiger partial charge in [0.25, 0.3) is 0 Å². The number of imidazole rings is 1. The molecule has 0 amide bonds. The molecule has 0 unspecified atom stereocenters. The van der Waals surface area contributed by atoms with Gasteiger partial charge in [-0.05, 0) is 24.3 Å². The smallest absolute Gasteiger partial charge is 0.379 e. The maximum atomic E-state index is 14.0. The van der Waals surface area contributed by atoms with Crippen molar-refractivity contribution in [3.8, 4) is 22.8 Å². The van der Waals surface area contributed by atoms with E-state index in [-0.39, 0.29) is 28.5 Å². The van der Waals surface area contributed by atoms with E-state index in [0.29, 0.717) is 16.3 Å². The Bertz CT molecular complexity index is 1240. The van der Waals surface area contributed by atoms with Crippen LogP contribution >= 0.6 is 11.3 Å². The highest BCUT2D eigenvalue weighted by Crippen LogP contribution is 2.34. The Kier molecular flexibility index (Phi) is 5.21. The van der Waals surface area contributed by atoms with E-state index in [4.69, 9.17) is 5.41 Å². The van der Waals surface area contributed by atoms with Gasteiger partial charge in [-0.25, -0.2) is 18.7 Å². The highest BCUT2D eigenvalue weighted by atomic mass is 32.1. The van der Waals surface area contributed by atoms with Gasteiger partial charge in [0.15, 0.2) is 17.5 Å². The second-order valence-electron chi connectivity index (χ2n) is 6.61. The number of anilines is 1. The number of halogens is 5. The number of nitrogens with one attached hydrogen (secondary N) is 2. The average Bonchev–Trinajstić information content (AvgIpc) is 3.32. The lowest BCUT2D eigenvalue weighted by Gasteiger charge is -2.08. The molecule has 0 atom stereocenters. The van der Waals surface area contributed by atoms with Crippen LogP contribution in [0.25, 0.3) is 22.8 Å². The van der Waals surface area contributed by atoms with Gasteiger partial charge in [0.05, 0.1) is 22.8 Å². The molecule has 2 aliphatic rings. The summed E-state index contributed by atoms with van der Waals surface area (Å²) in [6, 6.07) is 6.70. The first-order chi connectivity index (χ1) is 14.7. The molecule has 11 heteroatoms. The molecule has 0 aliphatic carbocycles. The van der Waals surface area contributed by atoms with E-state index < -0.39 is 23.5 Å². The number of rotatable bonds is 5. The summed E-state index contributed by atoms with van der Waals surface area (Å²) < 4.78 is 68.0. The molecular formula is C20H14F5N5S. The van der Waals surface area contributed by atoms with Crippen LogP contribution in [0.3, 0.4) is 0 Å². The second kappa shape index (κ2) is 7.73. The van der Waals surface area contributed by atoms with Crippen LogP contribution in [-0.2, 0) is 6.54 Å². The first kappa shape index (κ1) is 20.9. The molecule has 0 saturated heterocycles. The molecule has 0 fully saturated rings. The Morgan fingerprint density at radius 2 is 1.90 bits per heavy atom. The number of hydrogen-bond donors (Lipinski definition) is 2. The summed E-state index contributed by atoms with van der Waals surface area (Å²) >= 11 is 1.11. The van der Waals surface area contributed by atoms with E-state index in [1.54, 1.807) is 23.0 Å². The summed E-state index contributed by atoms with van der Waals surface area (Å²) in [6.45, 7) is 0.233. The van der Waals surface area contributed by atoms with E-state index in [1.165, 1.54) is 25.2 Å². The normalized spacial score (nSPS) is 11.8. The summed E-state index contributed by atoms with van der Waals surface area (Å²) in [4.78, 5) is 9.07. The van der Waals surface area contributed by atoms with Gasteiger partial charge in [0, 0.05) is 29.9 Å². The fourth-order valence-corrected chi connectivity index (χ4v) is 4.10. The Hall–Kier alpha value is -3.34. The van der Waals surface area contributed by atoms with E-state index in [1.807, 2.05) is 0 Å². The minimum Gasteiger partial charge on any atom is -0.379 e. The number of fused-ring (bicyclic) bond motifs is 1. The molecule has 2 aromatic rings. The standard InChI is InChI=1S/C20H14F5N5S/c1-27-19-12(17(26)20(23,24)25)7-10(31-19)8-30-6-5-14-15(9-30)29-18(28-14)11-3-2-4-13(21)16(11)22/h2-7,9,26-27H,8H2,1H3. The topological polar surface area (TPSA) is 66.6 Å². The molecule has 160 valence electrons. The predicted octanol–water partition coefficient (Wildman–Crippen LogP) is 5.41. The molecule has 4 rings (SSSR count). The van der Waals surface area contributed by atoms with Crippen LogP contribution in [0, 0.1) is 17.0 Å². The number of alkyl halides is 3. The zero-order valence-corrected chi connectivity index (χ0v) is 16.7. The number of aromatic nitrogens is 3. The fourth-order valence-electron chi connectivity index (χ4n) is 3.07. The van der Waals surface area contributed by atoms with Gasteiger partial charge in [-0.3, -0.25) is 5.41 Å². The summed E-state index contributed by atoms with van der Waals surface area (Å²) in [6.07, 6.45) is -1.46. The maximum absolute atomic E-state index is 14.0. The predicted molar refractivity (Wildman–Crippen MR) is 108 cm³/mol. The van der Waals surface area contributed by atoms with Gasteiger partial charge in [0.1, 0.15) is 11.4 Å². The highest BCUT2D eigenvalue weighted by molar-refractivity contribution is 7.16. The van der Waals surface area contributed by atoms with Gasteiger partial charge in [0.2, 0.25) is 0 Å².